The first-order valence-electron chi connectivity index (χ1n) is 9.90. The molecule has 30 heavy (non-hydrogen) atoms. The number of imidazole rings is 1. The molecule has 5 atom stereocenters. The fourth-order valence-corrected chi connectivity index (χ4v) is 4.46. The molecule has 0 saturated carbocycles. The van der Waals surface area contributed by atoms with E-state index in [0.29, 0.717) is 28.9 Å². The van der Waals surface area contributed by atoms with E-state index < -0.39 is 24.3 Å². The van der Waals surface area contributed by atoms with Crippen LogP contribution in [0.1, 0.15) is 18.5 Å². The number of aromatic nitrogens is 4. The number of allylic oxidation sites excluding steroid dienone is 1. The Balaban J connectivity index is 1.36. The molecular formula is C22H21F2N5O. The quantitative estimate of drug-likeness (QED) is 0.690. The van der Waals surface area contributed by atoms with Gasteiger partial charge in [0.05, 0.1) is 23.4 Å². The number of halogens is 2. The maximum Gasteiger partial charge on any atom is 0.127 e. The molecule has 0 amide bonds. The Labute approximate surface area is 172 Å². The average Bonchev–Trinajstić information content (AvgIpc) is 3.39. The maximum atomic E-state index is 14.8. The second-order valence-electron chi connectivity index (χ2n) is 7.92. The summed E-state index contributed by atoms with van der Waals surface area (Å²) in [5.41, 5.74) is 2.82. The number of alkyl halides is 2. The highest BCUT2D eigenvalue weighted by Crippen LogP contribution is 2.40. The molecule has 4 heterocycles. The molecule has 2 fully saturated rings. The summed E-state index contributed by atoms with van der Waals surface area (Å²) >= 11 is 0. The van der Waals surface area contributed by atoms with E-state index in [4.69, 9.17) is 0 Å². The molecule has 0 spiro atoms. The number of phenols is 1. The van der Waals surface area contributed by atoms with Crippen LogP contribution in [0.3, 0.4) is 0 Å². The van der Waals surface area contributed by atoms with E-state index in [1.165, 1.54) is 0 Å². The summed E-state index contributed by atoms with van der Waals surface area (Å²) in [6, 6.07) is 7.86. The number of nitrogens with one attached hydrogen (secondary N) is 1. The average molecular weight is 409 g/mol. The Morgan fingerprint density at radius 1 is 1.13 bits per heavy atom. The fourth-order valence-electron chi connectivity index (χ4n) is 4.46. The number of phenolic OH excluding ortho intramolecular Hbond substituents is 1. The summed E-state index contributed by atoms with van der Waals surface area (Å²) in [6.45, 7) is 4.03. The van der Waals surface area contributed by atoms with E-state index in [9.17, 15) is 13.9 Å². The van der Waals surface area contributed by atoms with Crippen LogP contribution in [0.15, 0.2) is 55.6 Å². The van der Waals surface area contributed by atoms with E-state index in [1.54, 1.807) is 47.6 Å². The van der Waals surface area contributed by atoms with Crippen molar-refractivity contribution in [3.63, 3.8) is 0 Å². The predicted octanol–water partition coefficient (Wildman–Crippen LogP) is 3.47. The largest absolute Gasteiger partial charge is 0.507 e. The number of piperidine rings is 1. The zero-order valence-electron chi connectivity index (χ0n) is 16.1. The van der Waals surface area contributed by atoms with Gasteiger partial charge in [0, 0.05) is 42.0 Å². The molecule has 2 saturated heterocycles. The molecule has 2 bridgehead atoms. The number of benzene rings is 1. The van der Waals surface area contributed by atoms with E-state index in [1.807, 2.05) is 6.07 Å². The Morgan fingerprint density at radius 2 is 2.00 bits per heavy atom. The van der Waals surface area contributed by atoms with Crippen LogP contribution in [0.4, 0.5) is 8.78 Å². The molecule has 2 aliphatic rings. The van der Waals surface area contributed by atoms with Crippen LogP contribution in [-0.2, 0) is 0 Å². The van der Waals surface area contributed by atoms with Crippen molar-refractivity contribution in [2.24, 2.45) is 5.92 Å². The predicted molar refractivity (Wildman–Crippen MR) is 109 cm³/mol. The lowest BCUT2D eigenvalue weighted by molar-refractivity contribution is 0.163. The van der Waals surface area contributed by atoms with E-state index in [2.05, 4.69) is 27.1 Å². The van der Waals surface area contributed by atoms with Gasteiger partial charge in [0.2, 0.25) is 0 Å². The topological polar surface area (TPSA) is 75.9 Å². The summed E-state index contributed by atoms with van der Waals surface area (Å²) < 4.78 is 30.6. The second kappa shape index (κ2) is 7.28. The number of nitrogens with zero attached hydrogens (tertiary/aromatic N) is 4. The molecule has 6 nitrogen and oxygen atoms in total. The summed E-state index contributed by atoms with van der Waals surface area (Å²) in [4.78, 5) is 4.00. The van der Waals surface area contributed by atoms with Gasteiger partial charge < -0.3 is 15.0 Å². The van der Waals surface area contributed by atoms with E-state index >= 15 is 0 Å². The number of aromatic hydroxyl groups is 1. The molecular weight excluding hydrogens is 388 g/mol. The highest BCUT2D eigenvalue weighted by molar-refractivity contribution is 5.70. The number of hydrogen-bond acceptors (Lipinski definition) is 5. The van der Waals surface area contributed by atoms with Crippen molar-refractivity contribution in [2.75, 3.05) is 0 Å². The summed E-state index contributed by atoms with van der Waals surface area (Å²) in [7, 11) is 0. The van der Waals surface area contributed by atoms with Crippen molar-refractivity contribution < 1.29 is 13.9 Å². The molecule has 2 aromatic heterocycles. The molecule has 2 N–H and O–H groups in total. The van der Waals surface area contributed by atoms with Gasteiger partial charge in [-0.2, -0.15) is 5.10 Å². The Morgan fingerprint density at radius 3 is 2.70 bits per heavy atom. The first-order valence-corrected chi connectivity index (χ1v) is 9.90. The number of hydrogen-bond donors (Lipinski definition) is 2. The fraction of sp³-hybridized carbons (Fsp3) is 0.318. The number of rotatable bonds is 4. The Hall–Kier alpha value is -3.13. The first-order chi connectivity index (χ1) is 14.5. The van der Waals surface area contributed by atoms with Crippen molar-refractivity contribution in [1.82, 2.24) is 25.1 Å². The van der Waals surface area contributed by atoms with Crippen LogP contribution < -0.4 is 5.32 Å². The van der Waals surface area contributed by atoms with Crippen molar-refractivity contribution in [2.45, 2.75) is 37.3 Å². The lowest BCUT2D eigenvalue weighted by Crippen LogP contribution is -2.48. The third kappa shape index (κ3) is 3.17. The Bertz CT molecular complexity index is 1070. The van der Waals surface area contributed by atoms with Crippen LogP contribution in [0, 0.1) is 5.92 Å². The monoisotopic (exact) mass is 409 g/mol. The highest BCUT2D eigenvalue weighted by Gasteiger charge is 2.48. The maximum absolute atomic E-state index is 14.8. The zero-order chi connectivity index (χ0) is 20.8. The van der Waals surface area contributed by atoms with Gasteiger partial charge in [-0.1, -0.05) is 6.58 Å². The van der Waals surface area contributed by atoms with Crippen LogP contribution in [0.2, 0.25) is 0 Å². The van der Waals surface area contributed by atoms with Crippen LogP contribution in [-0.4, -0.2) is 49.3 Å². The standard InChI is InChI=1S/C22H21F2N5O/c1-12(15-9-19-16(23)10-20(26-19)22(15)24)17-4-5-18(28-27-17)14-3-2-13(8-21(14)30)29-7-6-25-11-29/h2-8,11,15-16,19-20,22,26,30H,1,9-10H2/t15-,16-,19-,20-,22-/m0/s1. The van der Waals surface area contributed by atoms with E-state index in [0.717, 1.165) is 5.69 Å². The molecule has 5 rings (SSSR count). The zero-order valence-corrected chi connectivity index (χ0v) is 16.1. The third-order valence-corrected chi connectivity index (χ3v) is 6.12. The molecule has 3 aromatic rings. The van der Waals surface area contributed by atoms with Crippen molar-refractivity contribution in [1.29, 1.82) is 0 Å². The van der Waals surface area contributed by atoms with Crippen molar-refractivity contribution in [3.05, 3.63) is 61.3 Å². The van der Waals surface area contributed by atoms with Gasteiger partial charge in [0.1, 0.15) is 18.1 Å². The molecule has 0 radical (unpaired) electrons. The molecule has 8 heteroatoms. The van der Waals surface area contributed by atoms with Crippen molar-refractivity contribution >= 4 is 5.57 Å². The normalized spacial score (nSPS) is 27.9. The van der Waals surface area contributed by atoms with Crippen LogP contribution in [0.5, 0.6) is 5.75 Å². The smallest absolute Gasteiger partial charge is 0.127 e. The molecule has 154 valence electrons. The second-order valence-corrected chi connectivity index (χ2v) is 7.92. The minimum Gasteiger partial charge on any atom is -0.507 e. The molecule has 2 aliphatic heterocycles. The lowest BCUT2D eigenvalue weighted by atomic mass is 9.83. The van der Waals surface area contributed by atoms with Gasteiger partial charge in [-0.3, -0.25) is 0 Å². The molecule has 1 aromatic carbocycles. The minimum atomic E-state index is -1.20. The van der Waals surface area contributed by atoms with Crippen LogP contribution >= 0.6 is 0 Å². The first kappa shape index (κ1) is 18.9. The molecule has 0 aliphatic carbocycles. The highest BCUT2D eigenvalue weighted by atomic mass is 19.1. The Kier molecular flexibility index (Phi) is 4.58. The van der Waals surface area contributed by atoms with E-state index in [-0.39, 0.29) is 18.2 Å². The summed E-state index contributed by atoms with van der Waals surface area (Å²) in [5.74, 6) is -0.417. The van der Waals surface area contributed by atoms with Gasteiger partial charge >= 0.3 is 0 Å². The van der Waals surface area contributed by atoms with Gasteiger partial charge in [-0.25, -0.2) is 13.8 Å². The van der Waals surface area contributed by atoms with Gasteiger partial charge in [-0.15, -0.1) is 5.10 Å². The lowest BCUT2D eigenvalue weighted by Gasteiger charge is -2.33. The third-order valence-electron chi connectivity index (χ3n) is 6.12. The molecule has 0 unspecified atom stereocenters. The van der Waals surface area contributed by atoms with Gasteiger partial charge in [-0.05, 0) is 42.7 Å². The van der Waals surface area contributed by atoms with Gasteiger partial charge in [0.15, 0.2) is 0 Å². The SMILES string of the molecule is C=C(c1ccc(-c2ccc(-n3ccnc3)cc2O)nn1)[C@@H]1C[C@@H]2N[C@@H](C[C@@H]2F)[C@H]1F. The summed E-state index contributed by atoms with van der Waals surface area (Å²) in [6.07, 6.45) is 3.43. The van der Waals surface area contributed by atoms with Gasteiger partial charge in [0.25, 0.3) is 0 Å². The minimum absolute atomic E-state index is 0.0646. The summed E-state index contributed by atoms with van der Waals surface area (Å²) in [5, 5.41) is 21.9. The number of fused-ring (bicyclic) bond motifs is 2. The van der Waals surface area contributed by atoms with Crippen molar-refractivity contribution in [3.8, 4) is 22.7 Å². The van der Waals surface area contributed by atoms with Crippen LogP contribution in [0.25, 0.3) is 22.5 Å².